The molecule has 0 atom stereocenters. The van der Waals surface area contributed by atoms with Crippen molar-refractivity contribution in [2.45, 2.75) is 31.9 Å². The highest BCUT2D eigenvalue weighted by molar-refractivity contribution is 7.94. The lowest BCUT2D eigenvalue weighted by atomic mass is 10.1. The predicted molar refractivity (Wildman–Crippen MR) is 96.0 cm³/mol. The molecule has 2 heterocycles. The topological polar surface area (TPSA) is 72.2 Å². The van der Waals surface area contributed by atoms with E-state index >= 15 is 0 Å². The van der Waals surface area contributed by atoms with Gasteiger partial charge in [-0.25, -0.2) is 8.42 Å². The van der Waals surface area contributed by atoms with Crippen molar-refractivity contribution in [2.24, 2.45) is 0 Å². The van der Waals surface area contributed by atoms with Gasteiger partial charge in [0.15, 0.2) is 5.76 Å². The molecule has 0 amide bonds. The van der Waals surface area contributed by atoms with Gasteiger partial charge in [-0.05, 0) is 63.1 Å². The first-order chi connectivity index (χ1) is 11.3. The lowest BCUT2D eigenvalue weighted by molar-refractivity contribution is 0.427. The second kappa shape index (κ2) is 6.07. The summed E-state index contributed by atoms with van der Waals surface area (Å²) in [6, 6.07) is 8.94. The molecule has 7 heteroatoms. The van der Waals surface area contributed by atoms with Crippen molar-refractivity contribution < 1.29 is 12.9 Å². The zero-order valence-corrected chi connectivity index (χ0v) is 15.5. The molecule has 0 saturated carbocycles. The van der Waals surface area contributed by atoms with Gasteiger partial charge in [-0.15, -0.1) is 11.3 Å². The average molecular weight is 362 g/mol. The molecular weight excluding hydrogens is 344 g/mol. The van der Waals surface area contributed by atoms with Crippen LogP contribution in [0, 0.1) is 27.7 Å². The number of aromatic nitrogens is 1. The minimum Gasteiger partial charge on any atom is -0.355 e. The average Bonchev–Trinajstić information content (AvgIpc) is 3.06. The van der Waals surface area contributed by atoms with Crippen molar-refractivity contribution >= 4 is 27.0 Å². The maximum atomic E-state index is 12.6. The van der Waals surface area contributed by atoms with Crippen molar-refractivity contribution in [3.63, 3.8) is 0 Å². The third kappa shape index (κ3) is 3.22. The Balaban J connectivity index is 1.92. The van der Waals surface area contributed by atoms with Crippen molar-refractivity contribution in [1.29, 1.82) is 0 Å². The highest BCUT2D eigenvalue weighted by atomic mass is 32.2. The summed E-state index contributed by atoms with van der Waals surface area (Å²) >= 11 is 1.16. The first-order valence-corrected chi connectivity index (χ1v) is 9.70. The summed E-state index contributed by atoms with van der Waals surface area (Å²) in [5, 5.41) is 3.92. The molecule has 0 aliphatic heterocycles. The Labute approximate surface area is 145 Å². The molecule has 0 aliphatic carbocycles. The molecule has 24 heavy (non-hydrogen) atoms. The van der Waals surface area contributed by atoms with Gasteiger partial charge in [-0.3, -0.25) is 4.72 Å². The number of hydrogen-bond acceptors (Lipinski definition) is 5. The maximum Gasteiger partial charge on any atom is 0.271 e. The normalized spacial score (nSPS) is 11.7. The van der Waals surface area contributed by atoms with Gasteiger partial charge in [-0.1, -0.05) is 11.2 Å². The Bertz CT molecular complexity index is 981. The lowest BCUT2D eigenvalue weighted by Gasteiger charge is -2.08. The summed E-state index contributed by atoms with van der Waals surface area (Å²) in [6.45, 7) is 7.63. The number of thiophene rings is 1. The first kappa shape index (κ1) is 16.7. The van der Waals surface area contributed by atoms with Crippen LogP contribution in [0.4, 0.5) is 5.69 Å². The van der Waals surface area contributed by atoms with Gasteiger partial charge in [0.05, 0.1) is 10.6 Å². The molecule has 2 aromatic heterocycles. The third-order valence-corrected chi connectivity index (χ3v) is 6.66. The molecule has 0 fully saturated rings. The van der Waals surface area contributed by atoms with Crippen LogP contribution in [0.25, 0.3) is 10.6 Å². The Morgan fingerprint density at radius 2 is 1.71 bits per heavy atom. The highest BCUT2D eigenvalue weighted by Crippen LogP contribution is 2.34. The van der Waals surface area contributed by atoms with Crippen LogP contribution in [0.1, 0.15) is 22.4 Å². The van der Waals surface area contributed by atoms with E-state index in [2.05, 4.69) is 9.88 Å². The van der Waals surface area contributed by atoms with Crippen LogP contribution in [0.3, 0.4) is 0 Å². The smallest absolute Gasteiger partial charge is 0.271 e. The Hall–Kier alpha value is -2.12. The van der Waals surface area contributed by atoms with Gasteiger partial charge in [-0.2, -0.15) is 0 Å². The Morgan fingerprint density at radius 1 is 1.04 bits per heavy atom. The second-order valence-electron chi connectivity index (χ2n) is 5.82. The summed E-state index contributed by atoms with van der Waals surface area (Å²) < 4.78 is 33.4. The van der Waals surface area contributed by atoms with Gasteiger partial charge in [0.2, 0.25) is 0 Å². The van der Waals surface area contributed by atoms with Gasteiger partial charge >= 0.3 is 0 Å². The second-order valence-corrected chi connectivity index (χ2v) is 8.82. The number of aryl methyl sites for hydroxylation is 3. The highest BCUT2D eigenvalue weighted by Gasteiger charge is 2.20. The summed E-state index contributed by atoms with van der Waals surface area (Å²) in [5.74, 6) is 0.616. The number of benzene rings is 1. The van der Waals surface area contributed by atoms with Crippen molar-refractivity contribution in [2.75, 3.05) is 4.72 Å². The van der Waals surface area contributed by atoms with E-state index in [1.165, 1.54) is 0 Å². The van der Waals surface area contributed by atoms with Crippen molar-refractivity contribution in [3.8, 4) is 10.6 Å². The molecule has 0 spiro atoms. The first-order valence-electron chi connectivity index (χ1n) is 7.40. The number of rotatable bonds is 4. The third-order valence-electron chi connectivity index (χ3n) is 3.70. The molecule has 5 nitrogen and oxygen atoms in total. The minimum atomic E-state index is -3.63. The quantitative estimate of drug-likeness (QED) is 0.745. The molecule has 3 aromatic rings. The molecule has 0 radical (unpaired) electrons. The molecule has 3 rings (SSSR count). The van der Waals surface area contributed by atoms with Crippen LogP contribution < -0.4 is 4.72 Å². The van der Waals surface area contributed by atoms with Gasteiger partial charge in [0.1, 0.15) is 4.21 Å². The number of hydrogen-bond donors (Lipinski definition) is 1. The standard InChI is InChI=1S/C17H18N2O3S2/c1-10-7-11(2)9-14(8-10)19-24(20,21)16-6-5-15(23-16)17-12(3)13(4)18-22-17/h5-9,19H,1-4H3. The molecule has 0 saturated heterocycles. The lowest BCUT2D eigenvalue weighted by Crippen LogP contribution is -2.11. The van der Waals surface area contributed by atoms with Gasteiger partial charge in [0, 0.05) is 11.3 Å². The largest absolute Gasteiger partial charge is 0.355 e. The Morgan fingerprint density at radius 3 is 2.29 bits per heavy atom. The van der Waals surface area contributed by atoms with Crippen LogP contribution >= 0.6 is 11.3 Å². The Kier molecular flexibility index (Phi) is 4.23. The monoisotopic (exact) mass is 362 g/mol. The molecule has 1 aromatic carbocycles. The molecular formula is C17H18N2O3S2. The molecule has 0 bridgehead atoms. The predicted octanol–water partition coefficient (Wildman–Crippen LogP) is 4.44. The van der Waals surface area contributed by atoms with Crippen LogP contribution in [0.15, 0.2) is 39.1 Å². The number of nitrogens with one attached hydrogen (secondary N) is 1. The summed E-state index contributed by atoms with van der Waals surface area (Å²) in [6.07, 6.45) is 0. The van der Waals surface area contributed by atoms with Crippen molar-refractivity contribution in [3.05, 3.63) is 52.7 Å². The number of sulfonamides is 1. The van der Waals surface area contributed by atoms with Crippen LogP contribution in [0.2, 0.25) is 0 Å². The van der Waals surface area contributed by atoms with Crippen LogP contribution in [-0.2, 0) is 10.0 Å². The van der Waals surface area contributed by atoms with Crippen molar-refractivity contribution in [1.82, 2.24) is 5.16 Å². The van der Waals surface area contributed by atoms with E-state index in [1.54, 1.807) is 12.1 Å². The van der Waals surface area contributed by atoms with E-state index in [4.69, 9.17) is 4.52 Å². The number of nitrogens with zero attached hydrogens (tertiary/aromatic N) is 1. The van der Waals surface area contributed by atoms with E-state index in [-0.39, 0.29) is 4.21 Å². The zero-order valence-electron chi connectivity index (χ0n) is 13.9. The van der Waals surface area contributed by atoms with Crippen LogP contribution in [-0.4, -0.2) is 13.6 Å². The van der Waals surface area contributed by atoms with Gasteiger partial charge in [0.25, 0.3) is 10.0 Å². The van der Waals surface area contributed by atoms with E-state index in [1.807, 2.05) is 45.9 Å². The number of anilines is 1. The van der Waals surface area contributed by atoms with Crippen LogP contribution in [0.5, 0.6) is 0 Å². The van der Waals surface area contributed by atoms with E-state index in [0.29, 0.717) is 11.4 Å². The fraction of sp³-hybridized carbons (Fsp3) is 0.235. The summed E-state index contributed by atoms with van der Waals surface area (Å²) in [4.78, 5) is 0.744. The maximum absolute atomic E-state index is 12.6. The summed E-state index contributed by atoms with van der Waals surface area (Å²) in [7, 11) is -3.63. The molecule has 0 unspecified atom stereocenters. The minimum absolute atomic E-state index is 0.241. The SMILES string of the molecule is Cc1cc(C)cc(NS(=O)(=O)c2ccc(-c3onc(C)c3C)s2)c1. The van der Waals surface area contributed by atoms with E-state index in [9.17, 15) is 8.42 Å². The fourth-order valence-corrected chi connectivity index (χ4v) is 4.85. The molecule has 126 valence electrons. The van der Waals surface area contributed by atoms with E-state index in [0.717, 1.165) is 38.6 Å². The zero-order chi connectivity index (χ0) is 17.5. The van der Waals surface area contributed by atoms with E-state index < -0.39 is 10.0 Å². The summed E-state index contributed by atoms with van der Waals surface area (Å²) in [5.41, 5.74) is 4.30. The molecule has 0 aliphatic rings. The molecule has 1 N–H and O–H groups in total. The fourth-order valence-electron chi connectivity index (χ4n) is 2.47. The van der Waals surface area contributed by atoms with Gasteiger partial charge < -0.3 is 4.52 Å².